The van der Waals surface area contributed by atoms with Crippen LogP contribution in [0.1, 0.15) is 53.0 Å². The van der Waals surface area contributed by atoms with Gasteiger partial charge in [-0.25, -0.2) is 0 Å². The SMILES string of the molecule is O=C(NCCCCC1CCN(C(=O)c2cc(Cl)cc(Cl)c2)CC1)c1cc2cnccc2[nH]1. The van der Waals surface area contributed by atoms with Crippen LogP contribution >= 0.6 is 23.2 Å². The zero-order valence-electron chi connectivity index (χ0n) is 17.7. The Labute approximate surface area is 197 Å². The number of hydrogen-bond acceptors (Lipinski definition) is 3. The van der Waals surface area contributed by atoms with Crippen LogP contribution in [0.25, 0.3) is 10.9 Å². The van der Waals surface area contributed by atoms with Gasteiger partial charge in [0.2, 0.25) is 0 Å². The van der Waals surface area contributed by atoms with Crippen molar-refractivity contribution in [1.29, 1.82) is 0 Å². The van der Waals surface area contributed by atoms with Gasteiger partial charge in [0.05, 0.1) is 0 Å². The molecule has 0 spiro atoms. The molecular formula is C24H26Cl2N4O2. The van der Waals surface area contributed by atoms with Gasteiger partial charge in [-0.1, -0.05) is 36.0 Å². The van der Waals surface area contributed by atoms with Crippen molar-refractivity contribution >= 4 is 45.9 Å². The van der Waals surface area contributed by atoms with Crippen LogP contribution in [0.4, 0.5) is 0 Å². The molecule has 0 unspecified atom stereocenters. The maximum Gasteiger partial charge on any atom is 0.267 e. The monoisotopic (exact) mass is 472 g/mol. The smallest absolute Gasteiger partial charge is 0.267 e. The zero-order chi connectivity index (χ0) is 22.5. The van der Waals surface area contributed by atoms with Crippen LogP contribution in [0.15, 0.2) is 42.7 Å². The van der Waals surface area contributed by atoms with Gasteiger partial charge in [0.15, 0.2) is 0 Å². The van der Waals surface area contributed by atoms with Crippen molar-refractivity contribution in [2.45, 2.75) is 32.1 Å². The van der Waals surface area contributed by atoms with Crippen LogP contribution in [0.2, 0.25) is 10.0 Å². The summed E-state index contributed by atoms with van der Waals surface area (Å²) >= 11 is 12.1. The molecule has 32 heavy (non-hydrogen) atoms. The molecule has 1 aliphatic rings. The van der Waals surface area contributed by atoms with Crippen molar-refractivity contribution in [1.82, 2.24) is 20.2 Å². The molecule has 3 aromatic rings. The van der Waals surface area contributed by atoms with E-state index in [-0.39, 0.29) is 11.8 Å². The highest BCUT2D eigenvalue weighted by molar-refractivity contribution is 6.35. The number of nitrogens with one attached hydrogen (secondary N) is 2. The highest BCUT2D eigenvalue weighted by atomic mass is 35.5. The van der Waals surface area contributed by atoms with Gasteiger partial charge in [-0.3, -0.25) is 14.6 Å². The van der Waals surface area contributed by atoms with E-state index in [1.165, 1.54) is 0 Å². The molecule has 2 amide bonds. The number of carbonyl (C=O) groups excluding carboxylic acids is 2. The number of halogens is 2. The van der Waals surface area contributed by atoms with Crippen molar-refractivity contribution in [2.75, 3.05) is 19.6 Å². The largest absolute Gasteiger partial charge is 0.351 e. The minimum Gasteiger partial charge on any atom is -0.351 e. The van der Waals surface area contributed by atoms with Gasteiger partial charge in [0, 0.05) is 58.5 Å². The third kappa shape index (κ3) is 5.61. The van der Waals surface area contributed by atoms with Gasteiger partial charge < -0.3 is 15.2 Å². The Hall–Kier alpha value is -2.57. The number of pyridine rings is 1. The molecule has 8 heteroatoms. The summed E-state index contributed by atoms with van der Waals surface area (Å²) in [6, 6.07) is 8.65. The number of hydrogen-bond donors (Lipinski definition) is 2. The van der Waals surface area contributed by atoms with Crippen LogP contribution < -0.4 is 5.32 Å². The predicted octanol–water partition coefficient (Wildman–Crippen LogP) is 5.32. The second-order valence-electron chi connectivity index (χ2n) is 8.29. The zero-order valence-corrected chi connectivity index (χ0v) is 19.3. The quantitative estimate of drug-likeness (QED) is 0.456. The maximum absolute atomic E-state index is 12.7. The third-order valence-electron chi connectivity index (χ3n) is 6.00. The number of unbranched alkanes of at least 4 members (excludes halogenated alkanes) is 1. The Balaban J connectivity index is 1.15. The van der Waals surface area contributed by atoms with E-state index in [0.717, 1.165) is 56.1 Å². The van der Waals surface area contributed by atoms with Gasteiger partial charge in [0.25, 0.3) is 11.8 Å². The third-order valence-corrected chi connectivity index (χ3v) is 6.44. The molecule has 168 valence electrons. The Morgan fingerprint density at radius 3 is 2.56 bits per heavy atom. The van der Waals surface area contributed by atoms with E-state index in [2.05, 4.69) is 15.3 Å². The Bertz CT molecular complexity index is 1050. The topological polar surface area (TPSA) is 78.1 Å². The highest BCUT2D eigenvalue weighted by Crippen LogP contribution is 2.25. The lowest BCUT2D eigenvalue weighted by Crippen LogP contribution is -2.38. The van der Waals surface area contributed by atoms with E-state index in [1.54, 1.807) is 30.6 Å². The number of piperidine rings is 1. The molecular weight excluding hydrogens is 447 g/mol. The number of benzene rings is 1. The van der Waals surface area contributed by atoms with Gasteiger partial charge >= 0.3 is 0 Å². The lowest BCUT2D eigenvalue weighted by Gasteiger charge is -2.32. The molecule has 1 fully saturated rings. The van der Waals surface area contributed by atoms with Crippen molar-refractivity contribution in [3.63, 3.8) is 0 Å². The van der Waals surface area contributed by atoms with Crippen LogP contribution in [-0.4, -0.2) is 46.3 Å². The summed E-state index contributed by atoms with van der Waals surface area (Å²) < 4.78 is 0. The second kappa shape index (κ2) is 10.4. The lowest BCUT2D eigenvalue weighted by molar-refractivity contribution is 0.0685. The first-order chi connectivity index (χ1) is 15.5. The Morgan fingerprint density at radius 2 is 1.84 bits per heavy atom. The fourth-order valence-electron chi connectivity index (χ4n) is 4.23. The standard InChI is InChI=1S/C24H26Cl2N4O2/c25-19-11-17(12-20(26)14-19)24(32)30-9-5-16(6-10-30)3-1-2-7-28-23(31)22-13-18-15-27-8-4-21(18)29-22/h4,8,11-16,29H,1-3,5-7,9-10H2,(H,28,31). The van der Waals surface area contributed by atoms with E-state index in [9.17, 15) is 9.59 Å². The molecule has 3 heterocycles. The van der Waals surface area contributed by atoms with Crippen LogP contribution in [0.3, 0.4) is 0 Å². The van der Waals surface area contributed by atoms with Crippen molar-refractivity contribution in [2.24, 2.45) is 5.92 Å². The van der Waals surface area contributed by atoms with E-state index in [4.69, 9.17) is 23.2 Å². The van der Waals surface area contributed by atoms with E-state index < -0.39 is 0 Å². The first-order valence-electron chi connectivity index (χ1n) is 11.0. The van der Waals surface area contributed by atoms with E-state index >= 15 is 0 Å². The number of rotatable bonds is 7. The summed E-state index contributed by atoms with van der Waals surface area (Å²) in [7, 11) is 0. The summed E-state index contributed by atoms with van der Waals surface area (Å²) in [5.74, 6) is 0.511. The van der Waals surface area contributed by atoms with Crippen LogP contribution in [-0.2, 0) is 0 Å². The van der Waals surface area contributed by atoms with E-state index in [1.807, 2.05) is 17.0 Å². The molecule has 2 N–H and O–H groups in total. The summed E-state index contributed by atoms with van der Waals surface area (Å²) in [6.45, 7) is 2.15. The first kappa shape index (κ1) is 22.6. The minimum absolute atomic E-state index is 0.0108. The second-order valence-corrected chi connectivity index (χ2v) is 9.16. The summed E-state index contributed by atoms with van der Waals surface area (Å²) in [5, 5.41) is 4.87. The summed E-state index contributed by atoms with van der Waals surface area (Å²) in [5.41, 5.74) is 2.02. The van der Waals surface area contributed by atoms with Crippen LogP contribution in [0, 0.1) is 5.92 Å². The van der Waals surface area contributed by atoms with Crippen molar-refractivity contribution in [3.8, 4) is 0 Å². The molecule has 6 nitrogen and oxygen atoms in total. The van der Waals surface area contributed by atoms with E-state index in [0.29, 0.717) is 33.8 Å². The van der Waals surface area contributed by atoms with Crippen molar-refractivity contribution < 1.29 is 9.59 Å². The summed E-state index contributed by atoms with van der Waals surface area (Å²) in [6.07, 6.45) is 8.54. The number of nitrogens with zero attached hydrogens (tertiary/aromatic N) is 2. The molecule has 1 saturated heterocycles. The Kier molecular flexibility index (Phi) is 7.33. The van der Waals surface area contributed by atoms with Gasteiger partial charge in [-0.2, -0.15) is 0 Å². The molecule has 2 aromatic heterocycles. The first-order valence-corrected chi connectivity index (χ1v) is 11.7. The number of aromatic nitrogens is 2. The van der Waals surface area contributed by atoms with Crippen molar-refractivity contribution in [3.05, 3.63) is 64.0 Å². The van der Waals surface area contributed by atoms with Gasteiger partial charge in [0.1, 0.15) is 5.69 Å². The molecule has 0 saturated carbocycles. The average molecular weight is 473 g/mol. The molecule has 0 aliphatic carbocycles. The molecule has 4 rings (SSSR count). The normalized spacial score (nSPS) is 14.6. The number of likely N-dealkylation sites (tertiary alicyclic amines) is 1. The summed E-state index contributed by atoms with van der Waals surface area (Å²) in [4.78, 5) is 34.1. The highest BCUT2D eigenvalue weighted by Gasteiger charge is 2.23. The van der Waals surface area contributed by atoms with Gasteiger partial charge in [-0.05, 0) is 55.5 Å². The maximum atomic E-state index is 12.7. The van der Waals surface area contributed by atoms with Gasteiger partial charge in [-0.15, -0.1) is 0 Å². The fraction of sp³-hybridized carbons (Fsp3) is 0.375. The number of amides is 2. The minimum atomic E-state index is -0.0888. The number of carbonyl (C=O) groups is 2. The molecule has 0 radical (unpaired) electrons. The number of fused-ring (bicyclic) bond motifs is 1. The molecule has 1 aliphatic heterocycles. The van der Waals surface area contributed by atoms with Crippen LogP contribution in [0.5, 0.6) is 0 Å². The fourth-order valence-corrected chi connectivity index (χ4v) is 4.76. The molecule has 0 atom stereocenters. The number of aromatic amines is 1. The number of H-pyrrole nitrogens is 1. The lowest BCUT2D eigenvalue weighted by atomic mass is 9.91. The average Bonchev–Trinajstić information content (AvgIpc) is 3.22. The molecule has 0 bridgehead atoms. The Morgan fingerprint density at radius 1 is 1.09 bits per heavy atom. The predicted molar refractivity (Wildman–Crippen MR) is 127 cm³/mol. The molecule has 1 aromatic carbocycles.